The number of rotatable bonds is 6. The molecule has 0 saturated heterocycles. The van der Waals surface area contributed by atoms with E-state index in [0.29, 0.717) is 6.42 Å². The Morgan fingerprint density at radius 2 is 1.91 bits per heavy atom. The molecule has 1 aliphatic carbocycles. The fourth-order valence-electron chi connectivity index (χ4n) is 2.91. The van der Waals surface area contributed by atoms with Crippen molar-refractivity contribution in [3.63, 3.8) is 0 Å². The Kier molecular flexibility index (Phi) is 5.92. The minimum Gasteiger partial charge on any atom is -0.371 e. The van der Waals surface area contributed by atoms with Gasteiger partial charge in [-0.15, -0.1) is 0 Å². The van der Waals surface area contributed by atoms with E-state index in [9.17, 15) is 4.79 Å². The number of carbonyl (C=O) groups is 1. The summed E-state index contributed by atoms with van der Waals surface area (Å²) in [5.74, 6) is 0.300. The Balaban J connectivity index is 2.21. The van der Waals surface area contributed by atoms with Gasteiger partial charge in [0.15, 0.2) is 5.78 Å². The van der Waals surface area contributed by atoms with Gasteiger partial charge in [-0.3, -0.25) is 4.79 Å². The summed E-state index contributed by atoms with van der Waals surface area (Å²) in [4.78, 5) is 12.6. The first-order valence-electron chi connectivity index (χ1n) is 8.28. The van der Waals surface area contributed by atoms with Crippen molar-refractivity contribution in [3.05, 3.63) is 47.5 Å². The van der Waals surface area contributed by atoms with Gasteiger partial charge in [-0.1, -0.05) is 51.1 Å². The molecular formula is C19H27NO2. The maximum atomic E-state index is 12.6. The highest BCUT2D eigenvalue weighted by Crippen LogP contribution is 2.28. The van der Waals surface area contributed by atoms with Crippen molar-refractivity contribution in [2.24, 2.45) is 11.7 Å². The summed E-state index contributed by atoms with van der Waals surface area (Å²) in [6, 6.07) is 9.35. The van der Waals surface area contributed by atoms with Crippen LogP contribution in [0.4, 0.5) is 0 Å². The van der Waals surface area contributed by atoms with Gasteiger partial charge >= 0.3 is 0 Å². The summed E-state index contributed by atoms with van der Waals surface area (Å²) in [6.07, 6.45) is 4.73. The van der Waals surface area contributed by atoms with Gasteiger partial charge in [0.1, 0.15) is 0 Å². The van der Waals surface area contributed by atoms with Crippen molar-refractivity contribution in [2.45, 2.75) is 58.3 Å². The molecule has 0 amide bonds. The van der Waals surface area contributed by atoms with Gasteiger partial charge in [0, 0.05) is 23.1 Å². The summed E-state index contributed by atoms with van der Waals surface area (Å²) >= 11 is 0. The lowest BCUT2D eigenvalue weighted by Crippen LogP contribution is -2.42. The maximum absolute atomic E-state index is 12.6. The number of benzene rings is 1. The van der Waals surface area contributed by atoms with Crippen molar-refractivity contribution in [3.8, 4) is 0 Å². The summed E-state index contributed by atoms with van der Waals surface area (Å²) in [6.45, 7) is 6.36. The van der Waals surface area contributed by atoms with Gasteiger partial charge in [-0.25, -0.2) is 0 Å². The molecule has 0 spiro atoms. The predicted molar refractivity (Wildman–Crippen MR) is 89.9 cm³/mol. The number of ether oxygens (including phenoxy) is 1. The summed E-state index contributed by atoms with van der Waals surface area (Å²) < 4.78 is 6.18. The maximum Gasteiger partial charge on any atom is 0.188 e. The SMILES string of the molecule is CCC(CC)O[C@@H]1C=C(C(=O)c2ccccc2)C[C@H](N)[C@H]1C. The highest BCUT2D eigenvalue weighted by Gasteiger charge is 2.32. The van der Waals surface area contributed by atoms with Crippen LogP contribution in [-0.2, 0) is 4.74 Å². The van der Waals surface area contributed by atoms with E-state index in [4.69, 9.17) is 10.5 Å². The summed E-state index contributed by atoms with van der Waals surface area (Å²) in [5, 5.41) is 0. The molecule has 3 nitrogen and oxygen atoms in total. The second-order valence-corrected chi connectivity index (χ2v) is 6.15. The van der Waals surface area contributed by atoms with Crippen LogP contribution in [0.3, 0.4) is 0 Å². The van der Waals surface area contributed by atoms with Crippen LogP contribution in [-0.4, -0.2) is 24.0 Å². The van der Waals surface area contributed by atoms with E-state index in [-0.39, 0.29) is 30.0 Å². The van der Waals surface area contributed by atoms with Gasteiger partial charge in [0.05, 0.1) is 12.2 Å². The van der Waals surface area contributed by atoms with E-state index in [1.54, 1.807) is 0 Å². The standard InChI is InChI=1S/C19H27NO2/c1-4-16(5-2)22-18-12-15(11-17(20)13(18)3)19(21)14-9-7-6-8-10-14/h6-10,12-13,16-18H,4-5,11,20H2,1-3H3/t13-,17+,18-/m1/s1. The third kappa shape index (κ3) is 3.84. The number of hydrogen-bond donors (Lipinski definition) is 1. The number of hydrogen-bond acceptors (Lipinski definition) is 3. The molecular weight excluding hydrogens is 274 g/mol. The van der Waals surface area contributed by atoms with E-state index in [2.05, 4.69) is 20.8 Å². The van der Waals surface area contributed by atoms with E-state index in [1.165, 1.54) is 0 Å². The predicted octanol–water partition coefficient (Wildman–Crippen LogP) is 3.74. The highest BCUT2D eigenvalue weighted by atomic mass is 16.5. The Labute approximate surface area is 133 Å². The molecule has 3 atom stereocenters. The average Bonchev–Trinajstić information content (AvgIpc) is 2.56. The second kappa shape index (κ2) is 7.70. The topological polar surface area (TPSA) is 52.3 Å². The average molecular weight is 301 g/mol. The Morgan fingerprint density at radius 3 is 2.50 bits per heavy atom. The zero-order valence-electron chi connectivity index (χ0n) is 13.8. The lowest BCUT2D eigenvalue weighted by atomic mass is 9.82. The minimum absolute atomic E-state index is 0.0352. The molecule has 1 aromatic rings. The van der Waals surface area contributed by atoms with Gasteiger partial charge in [0.25, 0.3) is 0 Å². The lowest BCUT2D eigenvalue weighted by molar-refractivity contribution is -0.0247. The third-order valence-electron chi connectivity index (χ3n) is 4.60. The first-order valence-corrected chi connectivity index (χ1v) is 8.28. The van der Waals surface area contributed by atoms with E-state index >= 15 is 0 Å². The van der Waals surface area contributed by atoms with Gasteiger partial charge in [0.2, 0.25) is 0 Å². The largest absolute Gasteiger partial charge is 0.371 e. The fraction of sp³-hybridized carbons (Fsp3) is 0.526. The molecule has 0 fully saturated rings. The molecule has 3 heteroatoms. The number of ketones is 1. The smallest absolute Gasteiger partial charge is 0.188 e. The van der Waals surface area contributed by atoms with Crippen LogP contribution < -0.4 is 5.73 Å². The van der Waals surface area contributed by atoms with Crippen LogP contribution in [0.25, 0.3) is 0 Å². The number of Topliss-reactive ketones (excluding diaryl/α,β-unsaturated/α-hetero) is 1. The lowest BCUT2D eigenvalue weighted by Gasteiger charge is -2.34. The molecule has 0 unspecified atom stereocenters. The van der Waals surface area contributed by atoms with Crippen LogP contribution in [0.15, 0.2) is 42.0 Å². The van der Waals surface area contributed by atoms with Crippen molar-refractivity contribution in [2.75, 3.05) is 0 Å². The van der Waals surface area contributed by atoms with E-state index in [0.717, 1.165) is 24.0 Å². The molecule has 2 rings (SSSR count). The van der Waals surface area contributed by atoms with Gasteiger partial charge in [-0.2, -0.15) is 0 Å². The number of carbonyl (C=O) groups excluding carboxylic acids is 1. The van der Waals surface area contributed by atoms with Crippen molar-refractivity contribution >= 4 is 5.78 Å². The Hall–Kier alpha value is -1.45. The van der Waals surface area contributed by atoms with Crippen molar-refractivity contribution < 1.29 is 9.53 Å². The zero-order chi connectivity index (χ0) is 16.1. The molecule has 0 saturated carbocycles. The molecule has 0 heterocycles. The van der Waals surface area contributed by atoms with Crippen LogP contribution >= 0.6 is 0 Å². The first-order chi connectivity index (χ1) is 10.6. The quantitative estimate of drug-likeness (QED) is 0.814. The van der Waals surface area contributed by atoms with Gasteiger partial charge < -0.3 is 10.5 Å². The number of nitrogens with two attached hydrogens (primary N) is 1. The second-order valence-electron chi connectivity index (χ2n) is 6.15. The van der Waals surface area contributed by atoms with Crippen LogP contribution in [0.5, 0.6) is 0 Å². The van der Waals surface area contributed by atoms with Gasteiger partial charge in [-0.05, 0) is 25.3 Å². The molecule has 0 aliphatic heterocycles. The molecule has 0 aromatic heterocycles. The molecule has 120 valence electrons. The summed E-state index contributed by atoms with van der Waals surface area (Å²) in [5.41, 5.74) is 7.76. The Bertz CT molecular complexity index is 519. The Morgan fingerprint density at radius 1 is 1.27 bits per heavy atom. The molecule has 1 aromatic carbocycles. The molecule has 22 heavy (non-hydrogen) atoms. The van der Waals surface area contributed by atoms with Crippen LogP contribution in [0, 0.1) is 5.92 Å². The molecule has 0 radical (unpaired) electrons. The normalized spacial score (nSPS) is 25.1. The monoisotopic (exact) mass is 301 g/mol. The highest BCUT2D eigenvalue weighted by molar-refractivity contribution is 6.08. The molecule has 0 bridgehead atoms. The van der Waals surface area contributed by atoms with Crippen LogP contribution in [0.1, 0.15) is 50.4 Å². The minimum atomic E-state index is -0.0729. The summed E-state index contributed by atoms with van der Waals surface area (Å²) in [7, 11) is 0. The van der Waals surface area contributed by atoms with E-state index in [1.807, 2.05) is 36.4 Å². The molecule has 1 aliphatic rings. The van der Waals surface area contributed by atoms with Crippen LogP contribution in [0.2, 0.25) is 0 Å². The first kappa shape index (κ1) is 16.9. The zero-order valence-corrected chi connectivity index (χ0v) is 13.8. The van der Waals surface area contributed by atoms with Crippen molar-refractivity contribution in [1.29, 1.82) is 0 Å². The molecule has 2 N–H and O–H groups in total. The third-order valence-corrected chi connectivity index (χ3v) is 4.60. The fourth-order valence-corrected chi connectivity index (χ4v) is 2.91. The van der Waals surface area contributed by atoms with Crippen molar-refractivity contribution in [1.82, 2.24) is 0 Å². The van der Waals surface area contributed by atoms with E-state index < -0.39 is 0 Å².